The molecular weight excluding hydrogens is 364 g/mol. The first-order chi connectivity index (χ1) is 13.2. The molecule has 0 aliphatic carbocycles. The quantitative estimate of drug-likeness (QED) is 0.337. The Morgan fingerprint density at radius 1 is 1.00 bits per heavy atom. The van der Waals surface area contributed by atoms with Gasteiger partial charge < -0.3 is 10.1 Å². The summed E-state index contributed by atoms with van der Waals surface area (Å²) in [5, 5.41) is 13.5. The van der Waals surface area contributed by atoms with Crippen LogP contribution in [0.2, 0.25) is 0 Å². The van der Waals surface area contributed by atoms with Crippen molar-refractivity contribution in [2.75, 3.05) is 5.32 Å². The van der Waals surface area contributed by atoms with Gasteiger partial charge in [0.1, 0.15) is 0 Å². The number of ketones is 1. The highest BCUT2D eigenvalue weighted by Crippen LogP contribution is 2.17. The van der Waals surface area contributed by atoms with Gasteiger partial charge in [0.2, 0.25) is 11.7 Å². The maximum absolute atomic E-state index is 12.5. The van der Waals surface area contributed by atoms with Gasteiger partial charge in [-0.25, -0.2) is 4.79 Å². The van der Waals surface area contributed by atoms with E-state index in [0.717, 1.165) is 6.07 Å². The fraction of sp³-hybridized carbons (Fsp3) is 0.250. The molecule has 1 unspecified atom stereocenters. The number of nitrogens with one attached hydrogen (secondary N) is 1. The number of ether oxygens (including phenoxy) is 1. The van der Waals surface area contributed by atoms with Crippen LogP contribution < -0.4 is 5.32 Å². The number of carbonyl (C=O) groups excluding carboxylic acids is 3. The highest BCUT2D eigenvalue weighted by Gasteiger charge is 2.21. The molecule has 1 N–H and O–H groups in total. The van der Waals surface area contributed by atoms with Gasteiger partial charge in [-0.1, -0.05) is 19.9 Å². The van der Waals surface area contributed by atoms with Crippen molar-refractivity contribution in [1.82, 2.24) is 0 Å². The fourth-order valence-electron chi connectivity index (χ4n) is 2.27. The Hall–Kier alpha value is -3.55. The zero-order chi connectivity index (χ0) is 20.8. The lowest BCUT2D eigenvalue weighted by molar-refractivity contribution is -0.384. The molecule has 2 aromatic rings. The molecule has 1 atom stereocenters. The molecular formula is C20H20N2O6. The van der Waals surface area contributed by atoms with Gasteiger partial charge >= 0.3 is 5.97 Å². The van der Waals surface area contributed by atoms with Crippen molar-refractivity contribution in [2.24, 2.45) is 5.92 Å². The molecule has 0 spiro atoms. The summed E-state index contributed by atoms with van der Waals surface area (Å²) >= 11 is 0. The van der Waals surface area contributed by atoms with Crippen LogP contribution >= 0.6 is 0 Å². The molecule has 0 aliphatic heterocycles. The van der Waals surface area contributed by atoms with Crippen LogP contribution in [0.15, 0.2) is 48.5 Å². The van der Waals surface area contributed by atoms with Gasteiger partial charge in [0, 0.05) is 29.3 Å². The molecule has 0 bridgehead atoms. The second kappa shape index (κ2) is 8.90. The number of nitrogens with zero attached hydrogens (tertiary/aromatic N) is 1. The third-order valence-corrected chi connectivity index (χ3v) is 3.91. The van der Waals surface area contributed by atoms with Gasteiger partial charge in [0.15, 0.2) is 6.10 Å². The fourth-order valence-corrected chi connectivity index (χ4v) is 2.27. The van der Waals surface area contributed by atoms with E-state index in [9.17, 15) is 24.5 Å². The number of rotatable bonds is 7. The van der Waals surface area contributed by atoms with E-state index < -0.39 is 22.8 Å². The van der Waals surface area contributed by atoms with E-state index in [0.29, 0.717) is 11.3 Å². The van der Waals surface area contributed by atoms with Crippen LogP contribution in [0.25, 0.3) is 0 Å². The maximum Gasteiger partial charge on any atom is 0.339 e. The smallest absolute Gasteiger partial charge is 0.339 e. The first-order valence-corrected chi connectivity index (χ1v) is 8.59. The topological polar surface area (TPSA) is 116 Å². The minimum Gasteiger partial charge on any atom is -0.451 e. The number of hydrogen-bond acceptors (Lipinski definition) is 6. The van der Waals surface area contributed by atoms with Crippen molar-refractivity contribution >= 4 is 29.0 Å². The highest BCUT2D eigenvalue weighted by atomic mass is 16.6. The summed E-state index contributed by atoms with van der Waals surface area (Å²) in [4.78, 5) is 46.5. The first-order valence-electron chi connectivity index (χ1n) is 8.59. The second-order valence-corrected chi connectivity index (χ2v) is 6.44. The van der Waals surface area contributed by atoms with E-state index in [1.54, 1.807) is 26.0 Å². The minimum absolute atomic E-state index is 0.0133. The summed E-state index contributed by atoms with van der Waals surface area (Å²) < 4.78 is 5.13. The van der Waals surface area contributed by atoms with E-state index in [1.807, 2.05) is 0 Å². The normalized spacial score (nSPS) is 11.6. The molecule has 0 aromatic heterocycles. The molecule has 2 rings (SSSR count). The van der Waals surface area contributed by atoms with Crippen LogP contribution in [0.1, 0.15) is 41.5 Å². The van der Waals surface area contributed by atoms with Gasteiger partial charge in [0.25, 0.3) is 5.69 Å². The number of nitro benzene ring substituents is 1. The number of benzene rings is 2. The Morgan fingerprint density at radius 3 is 2.21 bits per heavy atom. The summed E-state index contributed by atoms with van der Waals surface area (Å²) in [6.45, 7) is 4.96. The summed E-state index contributed by atoms with van der Waals surface area (Å²) in [7, 11) is 0. The Balaban J connectivity index is 2.04. The predicted octanol–water partition coefficient (Wildman–Crippen LogP) is 3.62. The number of Topliss-reactive ketones (excluding diaryl/α,β-unsaturated/α-hetero) is 1. The second-order valence-electron chi connectivity index (χ2n) is 6.44. The van der Waals surface area contributed by atoms with E-state index in [2.05, 4.69) is 5.32 Å². The van der Waals surface area contributed by atoms with Crippen molar-refractivity contribution in [3.05, 3.63) is 69.8 Å². The highest BCUT2D eigenvalue weighted by molar-refractivity contribution is 6.02. The third-order valence-electron chi connectivity index (χ3n) is 3.91. The molecule has 0 heterocycles. The number of hydrogen-bond donors (Lipinski definition) is 1. The van der Waals surface area contributed by atoms with Crippen LogP contribution in [0, 0.1) is 16.0 Å². The number of carbonyl (C=O) groups is 3. The number of amides is 1. The van der Waals surface area contributed by atoms with E-state index in [-0.39, 0.29) is 23.1 Å². The summed E-state index contributed by atoms with van der Waals surface area (Å²) in [5.41, 5.74) is 0.603. The third kappa shape index (κ3) is 5.23. The zero-order valence-electron chi connectivity index (χ0n) is 15.7. The van der Waals surface area contributed by atoms with Crippen molar-refractivity contribution in [1.29, 1.82) is 0 Å². The largest absolute Gasteiger partial charge is 0.451 e. The van der Waals surface area contributed by atoms with Crippen LogP contribution in [-0.4, -0.2) is 28.7 Å². The average molecular weight is 384 g/mol. The number of non-ortho nitro benzene ring substituents is 1. The lowest BCUT2D eigenvalue weighted by atomic mass is 10.1. The summed E-state index contributed by atoms with van der Waals surface area (Å²) in [5.74, 6) is -1.57. The van der Waals surface area contributed by atoms with Gasteiger partial charge in [0.05, 0.1) is 10.5 Å². The Kier molecular flexibility index (Phi) is 6.59. The molecule has 0 fully saturated rings. The van der Waals surface area contributed by atoms with E-state index in [1.165, 1.54) is 37.3 Å². The lowest BCUT2D eigenvalue weighted by Crippen LogP contribution is -2.24. The van der Waals surface area contributed by atoms with Crippen molar-refractivity contribution in [3.8, 4) is 0 Å². The molecule has 146 valence electrons. The molecule has 0 saturated heterocycles. The Labute approximate surface area is 161 Å². The standard InChI is InChI=1S/C20H20N2O6/c1-12(2)19(24)21-16-9-7-14(8-10-16)18(23)13(3)28-20(25)15-5-4-6-17(11-15)22(26)27/h4-13H,1-3H3,(H,21,24). The Bertz CT molecular complexity index is 905. The Morgan fingerprint density at radius 2 is 1.64 bits per heavy atom. The average Bonchev–Trinajstić information content (AvgIpc) is 2.67. The van der Waals surface area contributed by atoms with Gasteiger partial charge in [-0.15, -0.1) is 0 Å². The molecule has 8 nitrogen and oxygen atoms in total. The summed E-state index contributed by atoms with van der Waals surface area (Å²) in [6, 6.07) is 11.3. The monoisotopic (exact) mass is 384 g/mol. The number of anilines is 1. The molecule has 28 heavy (non-hydrogen) atoms. The maximum atomic E-state index is 12.5. The van der Waals surface area contributed by atoms with Gasteiger partial charge in [-0.3, -0.25) is 19.7 Å². The van der Waals surface area contributed by atoms with Gasteiger partial charge in [-0.2, -0.15) is 0 Å². The summed E-state index contributed by atoms with van der Waals surface area (Å²) in [6.07, 6.45) is -1.08. The zero-order valence-corrected chi connectivity index (χ0v) is 15.7. The molecule has 0 radical (unpaired) electrons. The first kappa shape index (κ1) is 20.8. The molecule has 0 aliphatic rings. The van der Waals surface area contributed by atoms with Crippen molar-refractivity contribution in [3.63, 3.8) is 0 Å². The molecule has 0 saturated carbocycles. The van der Waals surface area contributed by atoms with Crippen molar-refractivity contribution < 1.29 is 24.0 Å². The molecule has 1 amide bonds. The van der Waals surface area contributed by atoms with E-state index >= 15 is 0 Å². The molecule has 8 heteroatoms. The minimum atomic E-state index is -1.08. The predicted molar refractivity (Wildman–Crippen MR) is 102 cm³/mol. The van der Waals surface area contributed by atoms with Crippen LogP contribution in [0.5, 0.6) is 0 Å². The number of esters is 1. The van der Waals surface area contributed by atoms with Crippen molar-refractivity contribution in [2.45, 2.75) is 26.9 Å². The SMILES string of the molecule is CC(C)C(=O)Nc1ccc(C(=O)C(C)OC(=O)c2cccc([N+](=O)[O-])c2)cc1. The van der Waals surface area contributed by atoms with Crippen LogP contribution in [0.4, 0.5) is 11.4 Å². The van der Waals surface area contributed by atoms with Gasteiger partial charge in [-0.05, 0) is 37.3 Å². The van der Waals surface area contributed by atoms with Crippen LogP contribution in [0.3, 0.4) is 0 Å². The lowest BCUT2D eigenvalue weighted by Gasteiger charge is -2.13. The molecule has 2 aromatic carbocycles. The van der Waals surface area contributed by atoms with Crippen LogP contribution in [-0.2, 0) is 9.53 Å². The number of nitro groups is 1. The van der Waals surface area contributed by atoms with E-state index in [4.69, 9.17) is 4.74 Å².